The molecule has 134 valence electrons. The number of carbonyl (C=O) groups excluding carboxylic acids is 1. The second-order valence-electron chi connectivity index (χ2n) is 5.79. The van der Waals surface area contributed by atoms with E-state index in [9.17, 15) is 9.90 Å². The van der Waals surface area contributed by atoms with E-state index in [-0.39, 0.29) is 12.5 Å². The van der Waals surface area contributed by atoms with E-state index in [1.807, 2.05) is 53.9 Å². The van der Waals surface area contributed by atoms with Crippen LogP contribution in [0.3, 0.4) is 0 Å². The molecule has 0 radical (unpaired) electrons. The van der Waals surface area contributed by atoms with Gasteiger partial charge in [-0.15, -0.1) is 11.8 Å². The van der Waals surface area contributed by atoms with Crippen molar-refractivity contribution in [2.24, 2.45) is 0 Å². The van der Waals surface area contributed by atoms with Gasteiger partial charge in [-0.1, -0.05) is 43.3 Å². The van der Waals surface area contributed by atoms with E-state index in [4.69, 9.17) is 0 Å². The first kappa shape index (κ1) is 18.7. The quantitative estimate of drug-likeness (QED) is 0.565. The second kappa shape index (κ2) is 9.03. The summed E-state index contributed by atoms with van der Waals surface area (Å²) in [4.78, 5) is 13.4. The minimum Gasteiger partial charge on any atom is -0.387 e. The van der Waals surface area contributed by atoms with Gasteiger partial charge in [0.1, 0.15) is 0 Å². The van der Waals surface area contributed by atoms with Gasteiger partial charge in [0, 0.05) is 11.4 Å². The van der Waals surface area contributed by atoms with Gasteiger partial charge in [-0.05, 0) is 51.4 Å². The van der Waals surface area contributed by atoms with Gasteiger partial charge in [0.25, 0.3) is 5.91 Å². The Labute approximate surface area is 162 Å². The molecule has 2 aromatic carbocycles. The Morgan fingerprint density at radius 2 is 1.88 bits per heavy atom. The van der Waals surface area contributed by atoms with Crippen molar-refractivity contribution >= 4 is 29.0 Å². The predicted octanol–water partition coefficient (Wildman–Crippen LogP) is 4.99. The number of thiophene rings is 1. The second-order valence-corrected chi connectivity index (χ2v) is 7.87. The molecule has 0 saturated carbocycles. The standard InChI is InChI=1S/C21H21NO2S2/c1-2-26-20-6-4-3-5-18(20)21(24)22-13-19(23)16-9-7-15(8-10-16)17-11-12-25-14-17/h3-12,14,19,23H,2,13H2,1H3,(H,22,24)/t19-/m1/s1. The molecule has 5 heteroatoms. The van der Waals surface area contributed by atoms with Crippen molar-refractivity contribution in [2.75, 3.05) is 12.3 Å². The van der Waals surface area contributed by atoms with Crippen LogP contribution in [0.15, 0.2) is 70.3 Å². The summed E-state index contributed by atoms with van der Waals surface area (Å²) in [7, 11) is 0. The van der Waals surface area contributed by atoms with Gasteiger partial charge < -0.3 is 10.4 Å². The molecule has 0 unspecified atom stereocenters. The average molecular weight is 384 g/mol. The summed E-state index contributed by atoms with van der Waals surface area (Å²) in [5.41, 5.74) is 3.74. The molecule has 0 bridgehead atoms. The van der Waals surface area contributed by atoms with Crippen LogP contribution >= 0.6 is 23.1 Å². The van der Waals surface area contributed by atoms with Gasteiger partial charge >= 0.3 is 0 Å². The summed E-state index contributed by atoms with van der Waals surface area (Å²) in [5, 5.41) is 17.4. The number of amides is 1. The first-order chi connectivity index (χ1) is 12.7. The number of nitrogens with one attached hydrogen (secondary N) is 1. The van der Waals surface area contributed by atoms with Crippen LogP contribution in [0.2, 0.25) is 0 Å². The molecule has 3 rings (SSSR count). The van der Waals surface area contributed by atoms with Crippen molar-refractivity contribution < 1.29 is 9.90 Å². The lowest BCUT2D eigenvalue weighted by Gasteiger charge is -2.14. The molecule has 26 heavy (non-hydrogen) atoms. The lowest BCUT2D eigenvalue weighted by Crippen LogP contribution is -2.28. The average Bonchev–Trinajstić information content (AvgIpc) is 3.21. The van der Waals surface area contributed by atoms with Crippen molar-refractivity contribution in [3.8, 4) is 11.1 Å². The Bertz CT molecular complexity index is 845. The fraction of sp³-hybridized carbons (Fsp3) is 0.190. The molecule has 0 aliphatic heterocycles. The Balaban J connectivity index is 1.62. The van der Waals surface area contributed by atoms with E-state index in [2.05, 4.69) is 23.7 Å². The van der Waals surface area contributed by atoms with Crippen LogP contribution in [0.25, 0.3) is 11.1 Å². The maximum atomic E-state index is 12.5. The van der Waals surface area contributed by atoms with Crippen molar-refractivity contribution in [3.63, 3.8) is 0 Å². The molecule has 0 saturated heterocycles. The number of carbonyl (C=O) groups is 1. The third kappa shape index (κ3) is 4.55. The lowest BCUT2D eigenvalue weighted by molar-refractivity contribution is 0.0913. The van der Waals surface area contributed by atoms with Gasteiger partial charge in [-0.3, -0.25) is 4.79 Å². The van der Waals surface area contributed by atoms with Crippen molar-refractivity contribution in [1.82, 2.24) is 5.32 Å². The Morgan fingerprint density at radius 1 is 1.12 bits per heavy atom. The van der Waals surface area contributed by atoms with E-state index in [1.165, 1.54) is 5.56 Å². The minimum atomic E-state index is -0.735. The largest absolute Gasteiger partial charge is 0.387 e. The minimum absolute atomic E-state index is 0.157. The maximum Gasteiger partial charge on any atom is 0.252 e. The molecule has 1 heterocycles. The third-order valence-electron chi connectivity index (χ3n) is 4.04. The normalized spacial score (nSPS) is 11.9. The van der Waals surface area contributed by atoms with Crippen molar-refractivity contribution in [1.29, 1.82) is 0 Å². The number of rotatable bonds is 7. The highest BCUT2D eigenvalue weighted by Crippen LogP contribution is 2.24. The third-order valence-corrected chi connectivity index (χ3v) is 5.68. The van der Waals surface area contributed by atoms with Gasteiger partial charge in [-0.2, -0.15) is 11.3 Å². The van der Waals surface area contributed by atoms with Crippen LogP contribution in [-0.4, -0.2) is 23.3 Å². The molecule has 3 nitrogen and oxygen atoms in total. The number of thioether (sulfide) groups is 1. The maximum absolute atomic E-state index is 12.5. The van der Waals surface area contributed by atoms with Gasteiger partial charge in [0.15, 0.2) is 0 Å². The molecule has 0 aliphatic rings. The molecule has 1 amide bonds. The molecule has 2 N–H and O–H groups in total. The van der Waals surface area contributed by atoms with Gasteiger partial charge in [0.2, 0.25) is 0 Å². The molecule has 0 spiro atoms. The summed E-state index contributed by atoms with van der Waals surface area (Å²) in [6.07, 6.45) is -0.735. The van der Waals surface area contributed by atoms with Gasteiger partial charge in [0.05, 0.1) is 11.7 Å². The molecule has 0 fully saturated rings. The Kier molecular flexibility index (Phi) is 6.50. The predicted molar refractivity (Wildman–Crippen MR) is 110 cm³/mol. The fourth-order valence-electron chi connectivity index (χ4n) is 2.66. The zero-order valence-electron chi connectivity index (χ0n) is 14.5. The first-order valence-electron chi connectivity index (χ1n) is 8.49. The number of benzene rings is 2. The monoisotopic (exact) mass is 383 g/mol. The number of aliphatic hydroxyl groups excluding tert-OH is 1. The number of hydrogen-bond acceptors (Lipinski definition) is 4. The molecular formula is C21H21NO2S2. The highest BCUT2D eigenvalue weighted by molar-refractivity contribution is 7.99. The van der Waals surface area contributed by atoms with Crippen molar-refractivity contribution in [3.05, 3.63) is 76.5 Å². The Morgan fingerprint density at radius 3 is 2.58 bits per heavy atom. The number of hydrogen-bond donors (Lipinski definition) is 2. The van der Waals surface area contributed by atoms with Crippen LogP contribution in [0.5, 0.6) is 0 Å². The molecular weight excluding hydrogens is 362 g/mol. The summed E-state index contributed by atoms with van der Waals surface area (Å²) in [6.45, 7) is 2.24. The highest BCUT2D eigenvalue weighted by atomic mass is 32.2. The van der Waals surface area contributed by atoms with E-state index < -0.39 is 6.10 Å². The van der Waals surface area contributed by atoms with Crippen LogP contribution in [-0.2, 0) is 0 Å². The smallest absolute Gasteiger partial charge is 0.252 e. The van der Waals surface area contributed by atoms with Crippen LogP contribution in [0.4, 0.5) is 0 Å². The van der Waals surface area contributed by atoms with E-state index in [0.29, 0.717) is 5.56 Å². The van der Waals surface area contributed by atoms with Crippen molar-refractivity contribution in [2.45, 2.75) is 17.9 Å². The SMILES string of the molecule is CCSc1ccccc1C(=O)NC[C@@H](O)c1ccc(-c2ccsc2)cc1. The summed E-state index contributed by atoms with van der Waals surface area (Å²) in [6, 6.07) is 17.4. The zero-order chi connectivity index (χ0) is 18.4. The van der Waals surface area contributed by atoms with E-state index >= 15 is 0 Å². The topological polar surface area (TPSA) is 49.3 Å². The fourth-order valence-corrected chi connectivity index (χ4v) is 4.13. The van der Waals surface area contributed by atoms with E-state index in [1.54, 1.807) is 23.1 Å². The molecule has 1 atom stereocenters. The zero-order valence-corrected chi connectivity index (χ0v) is 16.1. The first-order valence-corrected chi connectivity index (χ1v) is 10.4. The lowest BCUT2D eigenvalue weighted by atomic mass is 10.0. The summed E-state index contributed by atoms with van der Waals surface area (Å²) < 4.78 is 0. The molecule has 1 aromatic heterocycles. The summed E-state index contributed by atoms with van der Waals surface area (Å²) >= 11 is 3.30. The van der Waals surface area contributed by atoms with Crippen LogP contribution in [0, 0.1) is 0 Å². The molecule has 0 aliphatic carbocycles. The van der Waals surface area contributed by atoms with Gasteiger partial charge in [-0.25, -0.2) is 0 Å². The number of aliphatic hydroxyl groups is 1. The van der Waals surface area contributed by atoms with Crippen LogP contribution in [0.1, 0.15) is 28.9 Å². The van der Waals surface area contributed by atoms with Crippen LogP contribution < -0.4 is 5.32 Å². The highest BCUT2D eigenvalue weighted by Gasteiger charge is 2.14. The Hall–Kier alpha value is -2.08. The molecule has 3 aromatic rings. The summed E-state index contributed by atoms with van der Waals surface area (Å²) in [5.74, 6) is 0.749. The van der Waals surface area contributed by atoms with E-state index in [0.717, 1.165) is 21.8 Å².